The van der Waals surface area contributed by atoms with Gasteiger partial charge in [-0.05, 0) is 44.4 Å². The zero-order valence-corrected chi connectivity index (χ0v) is 18.8. The SMILES string of the molecule is Cc1noc(-c2cnc(C)nc2N2CCCC(C(=O)Nc3ccc4c(c3)C(=O)N(C)C4)C2)n1. The van der Waals surface area contributed by atoms with Gasteiger partial charge in [-0.2, -0.15) is 4.98 Å². The third kappa shape index (κ3) is 4.04. The van der Waals surface area contributed by atoms with Crippen LogP contribution in [0.15, 0.2) is 28.9 Å². The lowest BCUT2D eigenvalue weighted by Gasteiger charge is -2.33. The lowest BCUT2D eigenvalue weighted by Crippen LogP contribution is -2.41. The number of amides is 2. The lowest BCUT2D eigenvalue weighted by molar-refractivity contribution is -0.120. The van der Waals surface area contributed by atoms with Crippen LogP contribution in [0, 0.1) is 19.8 Å². The van der Waals surface area contributed by atoms with Crippen molar-refractivity contribution in [3.63, 3.8) is 0 Å². The maximum atomic E-state index is 13.1. The van der Waals surface area contributed by atoms with Gasteiger partial charge in [0.2, 0.25) is 5.91 Å². The molecule has 10 heteroatoms. The first kappa shape index (κ1) is 21.0. The second kappa shape index (κ2) is 8.27. The van der Waals surface area contributed by atoms with Crippen molar-refractivity contribution in [3.8, 4) is 11.5 Å². The summed E-state index contributed by atoms with van der Waals surface area (Å²) in [4.78, 5) is 42.4. The molecule has 5 rings (SSSR count). The van der Waals surface area contributed by atoms with Crippen LogP contribution < -0.4 is 10.2 Å². The van der Waals surface area contributed by atoms with E-state index in [1.807, 2.05) is 19.1 Å². The number of rotatable bonds is 4. The molecule has 2 amide bonds. The van der Waals surface area contributed by atoms with E-state index < -0.39 is 0 Å². The summed E-state index contributed by atoms with van der Waals surface area (Å²) in [6.07, 6.45) is 3.30. The molecule has 1 unspecified atom stereocenters. The highest BCUT2D eigenvalue weighted by atomic mass is 16.5. The van der Waals surface area contributed by atoms with Gasteiger partial charge < -0.3 is 19.6 Å². The van der Waals surface area contributed by atoms with Gasteiger partial charge in [0, 0.05) is 44.1 Å². The Hall–Kier alpha value is -3.82. The number of aromatic nitrogens is 4. The molecule has 0 aliphatic carbocycles. The normalized spacial score (nSPS) is 17.9. The Balaban J connectivity index is 1.34. The monoisotopic (exact) mass is 447 g/mol. The number of carbonyl (C=O) groups is 2. The summed E-state index contributed by atoms with van der Waals surface area (Å²) >= 11 is 0. The molecule has 0 radical (unpaired) electrons. The fourth-order valence-corrected chi connectivity index (χ4v) is 4.41. The minimum Gasteiger partial charge on any atom is -0.355 e. The van der Waals surface area contributed by atoms with Crippen molar-refractivity contribution in [2.24, 2.45) is 5.92 Å². The number of carbonyl (C=O) groups excluding carboxylic acids is 2. The first-order valence-electron chi connectivity index (χ1n) is 11.0. The van der Waals surface area contributed by atoms with Crippen LogP contribution in [-0.2, 0) is 11.3 Å². The van der Waals surface area contributed by atoms with Crippen LogP contribution in [0.4, 0.5) is 11.5 Å². The van der Waals surface area contributed by atoms with Gasteiger partial charge in [-0.1, -0.05) is 11.2 Å². The molecule has 0 bridgehead atoms. The van der Waals surface area contributed by atoms with E-state index in [1.165, 1.54) is 0 Å². The topological polar surface area (TPSA) is 117 Å². The number of anilines is 2. The zero-order chi connectivity index (χ0) is 23.1. The molecule has 1 atom stereocenters. The number of nitrogens with one attached hydrogen (secondary N) is 1. The Morgan fingerprint density at radius 2 is 2.03 bits per heavy atom. The standard InChI is InChI=1S/C23H25N7O3/c1-13-24-10-19(22-26-14(2)28-33-22)20(25-13)30-8-4-5-16(12-30)21(31)27-17-7-6-15-11-29(3)23(32)18(15)9-17/h6-7,9-10,16H,4-5,8,11-12H2,1-3H3,(H,27,31). The summed E-state index contributed by atoms with van der Waals surface area (Å²) < 4.78 is 5.35. The maximum Gasteiger partial charge on any atom is 0.263 e. The van der Waals surface area contributed by atoms with Crippen molar-refractivity contribution < 1.29 is 14.1 Å². The van der Waals surface area contributed by atoms with Crippen molar-refractivity contribution >= 4 is 23.3 Å². The summed E-state index contributed by atoms with van der Waals surface area (Å²) in [6, 6.07) is 5.53. The van der Waals surface area contributed by atoms with E-state index in [0.717, 1.165) is 24.9 Å². The molecule has 2 aromatic heterocycles. The van der Waals surface area contributed by atoms with Crippen LogP contribution in [0.1, 0.15) is 40.4 Å². The van der Waals surface area contributed by atoms with E-state index in [4.69, 9.17) is 4.52 Å². The van der Waals surface area contributed by atoms with Gasteiger partial charge in [0.05, 0.1) is 5.92 Å². The Morgan fingerprint density at radius 1 is 1.18 bits per heavy atom. The highest BCUT2D eigenvalue weighted by Crippen LogP contribution is 2.31. The number of hydrogen-bond donors (Lipinski definition) is 1. The molecule has 33 heavy (non-hydrogen) atoms. The van der Waals surface area contributed by atoms with Crippen molar-refractivity contribution in [1.82, 2.24) is 25.0 Å². The van der Waals surface area contributed by atoms with Gasteiger partial charge >= 0.3 is 0 Å². The molecule has 1 aromatic carbocycles. The maximum absolute atomic E-state index is 13.1. The predicted molar refractivity (Wildman–Crippen MR) is 121 cm³/mol. The van der Waals surface area contributed by atoms with E-state index in [-0.39, 0.29) is 17.7 Å². The van der Waals surface area contributed by atoms with Gasteiger partial charge in [0.1, 0.15) is 17.2 Å². The molecule has 3 aromatic rings. The van der Waals surface area contributed by atoms with E-state index in [9.17, 15) is 9.59 Å². The van der Waals surface area contributed by atoms with Crippen LogP contribution in [0.5, 0.6) is 0 Å². The van der Waals surface area contributed by atoms with Crippen molar-refractivity contribution in [1.29, 1.82) is 0 Å². The molecule has 1 N–H and O–H groups in total. The van der Waals surface area contributed by atoms with Crippen LogP contribution in [0.2, 0.25) is 0 Å². The van der Waals surface area contributed by atoms with Crippen LogP contribution in [0.3, 0.4) is 0 Å². The van der Waals surface area contributed by atoms with E-state index in [1.54, 1.807) is 31.1 Å². The number of piperidine rings is 1. The second-order valence-corrected chi connectivity index (χ2v) is 8.61. The van der Waals surface area contributed by atoms with Crippen LogP contribution in [-0.4, -0.2) is 57.0 Å². The summed E-state index contributed by atoms with van der Waals surface area (Å²) in [5.41, 5.74) is 2.92. The quantitative estimate of drug-likeness (QED) is 0.649. The largest absolute Gasteiger partial charge is 0.355 e. The molecule has 2 aliphatic rings. The van der Waals surface area contributed by atoms with Gasteiger partial charge in [0.15, 0.2) is 5.82 Å². The van der Waals surface area contributed by atoms with Gasteiger partial charge in [-0.25, -0.2) is 9.97 Å². The van der Waals surface area contributed by atoms with Crippen molar-refractivity contribution in [3.05, 3.63) is 47.2 Å². The van der Waals surface area contributed by atoms with Crippen molar-refractivity contribution in [2.45, 2.75) is 33.2 Å². The second-order valence-electron chi connectivity index (χ2n) is 8.61. The fourth-order valence-electron chi connectivity index (χ4n) is 4.41. The van der Waals surface area contributed by atoms with E-state index in [0.29, 0.717) is 53.3 Å². The Morgan fingerprint density at radius 3 is 2.82 bits per heavy atom. The molecule has 2 aliphatic heterocycles. The van der Waals surface area contributed by atoms with E-state index >= 15 is 0 Å². The number of benzene rings is 1. The summed E-state index contributed by atoms with van der Waals surface area (Å²) in [7, 11) is 1.77. The smallest absolute Gasteiger partial charge is 0.263 e. The van der Waals surface area contributed by atoms with Crippen LogP contribution >= 0.6 is 0 Å². The predicted octanol–water partition coefficient (Wildman–Crippen LogP) is 2.58. The summed E-state index contributed by atoms with van der Waals surface area (Å²) in [5, 5.41) is 6.87. The number of fused-ring (bicyclic) bond motifs is 1. The summed E-state index contributed by atoms with van der Waals surface area (Å²) in [6.45, 7) is 5.45. The molecule has 0 spiro atoms. The minimum absolute atomic E-state index is 0.0205. The molecule has 0 saturated carbocycles. The Bertz CT molecular complexity index is 1240. The minimum atomic E-state index is -0.224. The summed E-state index contributed by atoms with van der Waals surface area (Å²) in [5.74, 6) is 1.90. The fraction of sp³-hybridized carbons (Fsp3) is 0.391. The first-order valence-corrected chi connectivity index (χ1v) is 11.0. The molecular formula is C23H25N7O3. The van der Waals surface area contributed by atoms with Gasteiger partial charge in [-0.15, -0.1) is 0 Å². The highest BCUT2D eigenvalue weighted by Gasteiger charge is 2.30. The Kier molecular flexibility index (Phi) is 5.27. The average Bonchev–Trinajstić information content (AvgIpc) is 3.36. The van der Waals surface area contributed by atoms with Crippen molar-refractivity contribution in [2.75, 3.05) is 30.4 Å². The van der Waals surface area contributed by atoms with Gasteiger partial charge in [0.25, 0.3) is 11.8 Å². The molecule has 1 fully saturated rings. The zero-order valence-electron chi connectivity index (χ0n) is 18.8. The molecule has 10 nitrogen and oxygen atoms in total. The first-order chi connectivity index (χ1) is 15.9. The van der Waals surface area contributed by atoms with Gasteiger partial charge in [-0.3, -0.25) is 9.59 Å². The third-order valence-electron chi connectivity index (χ3n) is 6.10. The lowest BCUT2D eigenvalue weighted by atomic mass is 9.96. The van der Waals surface area contributed by atoms with Crippen LogP contribution in [0.25, 0.3) is 11.5 Å². The molecule has 4 heterocycles. The van der Waals surface area contributed by atoms with E-state index in [2.05, 4.69) is 30.3 Å². The molecule has 170 valence electrons. The average molecular weight is 447 g/mol. The molecular weight excluding hydrogens is 422 g/mol. The number of aryl methyl sites for hydroxylation is 2. The third-order valence-corrected chi connectivity index (χ3v) is 6.10. The highest BCUT2D eigenvalue weighted by molar-refractivity contribution is 6.00. The molecule has 1 saturated heterocycles. The Labute approximate surface area is 191 Å². The number of nitrogens with zero attached hydrogens (tertiary/aromatic N) is 6. The number of hydrogen-bond acceptors (Lipinski definition) is 8.